The number of phosphoric acid groups is 1. The van der Waals surface area contributed by atoms with Crippen molar-refractivity contribution in [1.82, 2.24) is 29.1 Å². The molecule has 3 aromatic rings. The van der Waals surface area contributed by atoms with Gasteiger partial charge >= 0.3 is 21.8 Å². The molecule has 0 radical (unpaired) electrons. The van der Waals surface area contributed by atoms with Gasteiger partial charge in [0, 0.05) is 12.3 Å². The van der Waals surface area contributed by atoms with Crippen LogP contribution in [0.1, 0.15) is 12.5 Å². The Balaban J connectivity index is 1.29. The zero-order valence-electron chi connectivity index (χ0n) is 20.4. The molecule has 0 amide bonds. The van der Waals surface area contributed by atoms with Crippen molar-refractivity contribution in [1.29, 1.82) is 0 Å². The number of nitrogens with zero attached hydrogens (tertiary/aromatic N) is 5. The van der Waals surface area contributed by atoms with Gasteiger partial charge in [0.25, 0.3) is 5.56 Å². The van der Waals surface area contributed by atoms with Gasteiger partial charge in [-0.1, -0.05) is 0 Å². The van der Waals surface area contributed by atoms with Crippen LogP contribution in [-0.2, 0) is 36.7 Å². The molecule has 6 rings (SSSR count). The number of anilines is 1. The number of phosphoric ester groups is 1. The van der Waals surface area contributed by atoms with Crippen molar-refractivity contribution < 1.29 is 50.4 Å². The second-order valence-electron chi connectivity index (χ2n) is 9.10. The molecule has 2 bridgehead atoms. The van der Waals surface area contributed by atoms with Gasteiger partial charge in [0.05, 0.1) is 19.5 Å². The Labute approximate surface area is 226 Å². The highest BCUT2D eigenvalue weighted by molar-refractivity contribution is 7.47. The number of fused-ring (bicyclic) bond motifs is 4. The van der Waals surface area contributed by atoms with Crippen LogP contribution >= 0.6 is 16.1 Å². The number of nitrogens with two attached hydrogens (primary N) is 1. The summed E-state index contributed by atoms with van der Waals surface area (Å²) in [6.07, 6.45) is -10.8. The number of nitrogens with one attached hydrogen (secondary N) is 1. The summed E-state index contributed by atoms with van der Waals surface area (Å²) in [5.74, 6) is 0.0127. The van der Waals surface area contributed by atoms with E-state index < -0.39 is 89.8 Å². The number of aromatic amines is 1. The molecule has 3 saturated heterocycles. The third-order valence-electron chi connectivity index (χ3n) is 6.57. The Morgan fingerprint density at radius 1 is 1.07 bits per heavy atom. The van der Waals surface area contributed by atoms with Crippen LogP contribution in [0.25, 0.3) is 11.2 Å². The molecule has 0 spiro atoms. The Morgan fingerprint density at radius 3 is 2.63 bits per heavy atom. The van der Waals surface area contributed by atoms with Crippen LogP contribution < -0.4 is 17.0 Å². The van der Waals surface area contributed by atoms with E-state index in [9.17, 15) is 23.6 Å². The van der Waals surface area contributed by atoms with Crippen LogP contribution in [-0.4, -0.2) is 83.9 Å². The molecular formula is C19H21F2N7O11P2. The Hall–Kier alpha value is -2.93. The fourth-order valence-electron chi connectivity index (χ4n) is 4.69. The van der Waals surface area contributed by atoms with E-state index in [1.807, 2.05) is 4.98 Å². The summed E-state index contributed by atoms with van der Waals surface area (Å²) in [5, 5.41) is 0. The molecule has 3 fully saturated rings. The number of imidazole rings is 1. The van der Waals surface area contributed by atoms with Crippen molar-refractivity contribution >= 4 is 33.1 Å². The third kappa shape index (κ3) is 5.26. The minimum atomic E-state index is -5.12. The molecule has 10 atom stereocenters. The number of nitrogen functional groups attached to an aromatic ring is 1. The quantitative estimate of drug-likeness (QED) is 0.312. The summed E-state index contributed by atoms with van der Waals surface area (Å²) in [5.41, 5.74) is 4.27. The molecule has 22 heteroatoms. The predicted octanol–water partition coefficient (Wildman–Crippen LogP) is -0.263. The minimum absolute atomic E-state index is 0.0127. The summed E-state index contributed by atoms with van der Waals surface area (Å²) in [4.78, 5) is 47.9. The van der Waals surface area contributed by atoms with Gasteiger partial charge in [-0.2, -0.15) is 0 Å². The molecule has 2 unspecified atom stereocenters. The minimum Gasteiger partial charge on any atom is -0.382 e. The number of aromatic nitrogens is 6. The van der Waals surface area contributed by atoms with Gasteiger partial charge in [-0.3, -0.25) is 37.0 Å². The normalized spacial score (nSPS) is 38.2. The second-order valence-corrected chi connectivity index (χ2v) is 11.5. The summed E-state index contributed by atoms with van der Waals surface area (Å²) >= 11 is 0. The number of rotatable bonds is 2. The fraction of sp³-hybridized carbons (Fsp3) is 0.526. The van der Waals surface area contributed by atoms with Crippen LogP contribution in [0.15, 0.2) is 34.5 Å². The first-order valence-electron chi connectivity index (χ1n) is 11.8. The van der Waals surface area contributed by atoms with E-state index in [4.69, 9.17) is 33.3 Å². The third-order valence-corrected chi connectivity index (χ3v) is 8.42. The van der Waals surface area contributed by atoms with Crippen molar-refractivity contribution in [2.24, 2.45) is 0 Å². The van der Waals surface area contributed by atoms with Gasteiger partial charge in [0.15, 0.2) is 36.3 Å². The zero-order valence-corrected chi connectivity index (χ0v) is 22.3. The molecule has 222 valence electrons. The van der Waals surface area contributed by atoms with Crippen molar-refractivity contribution in [3.63, 3.8) is 0 Å². The molecule has 3 aromatic heterocycles. The summed E-state index contributed by atoms with van der Waals surface area (Å²) in [6, 6.07) is 0.956. The Morgan fingerprint density at radius 2 is 1.85 bits per heavy atom. The molecule has 41 heavy (non-hydrogen) atoms. The lowest BCUT2D eigenvalue weighted by Crippen LogP contribution is -2.37. The molecule has 0 aliphatic carbocycles. The van der Waals surface area contributed by atoms with Crippen molar-refractivity contribution in [3.05, 3.63) is 45.8 Å². The van der Waals surface area contributed by atoms with E-state index in [0.29, 0.717) is 0 Å². The first-order chi connectivity index (χ1) is 19.5. The first kappa shape index (κ1) is 28.2. The van der Waals surface area contributed by atoms with Crippen molar-refractivity contribution in [2.45, 2.75) is 49.2 Å². The predicted molar refractivity (Wildman–Crippen MR) is 129 cm³/mol. The molecule has 4 N–H and O–H groups in total. The van der Waals surface area contributed by atoms with Crippen molar-refractivity contribution in [2.75, 3.05) is 18.9 Å². The molecule has 3 aliphatic rings. The average molecular weight is 623 g/mol. The van der Waals surface area contributed by atoms with Crippen LogP contribution in [0.4, 0.5) is 14.6 Å². The Kier molecular flexibility index (Phi) is 7.37. The van der Waals surface area contributed by atoms with Crippen LogP contribution in [0, 0.1) is 0 Å². The van der Waals surface area contributed by atoms with E-state index in [1.54, 1.807) is 0 Å². The van der Waals surface area contributed by atoms with Gasteiger partial charge in [-0.25, -0.2) is 33.1 Å². The second kappa shape index (κ2) is 10.7. The molecule has 3 aliphatic heterocycles. The fourth-order valence-corrected chi connectivity index (χ4v) is 6.48. The van der Waals surface area contributed by atoms with Gasteiger partial charge in [0.2, 0.25) is 0 Å². The average Bonchev–Trinajstić information content (AvgIpc) is 3.57. The van der Waals surface area contributed by atoms with Crippen LogP contribution in [0.5, 0.6) is 0 Å². The maximum atomic E-state index is 15.7. The summed E-state index contributed by atoms with van der Waals surface area (Å²) < 4.78 is 90.2. The highest BCUT2D eigenvalue weighted by Crippen LogP contribution is 2.51. The van der Waals surface area contributed by atoms with Gasteiger partial charge in [-0.05, 0) is 0 Å². The number of halogens is 2. The van der Waals surface area contributed by atoms with E-state index in [1.165, 1.54) is 6.33 Å². The first-order valence-corrected chi connectivity index (χ1v) is 14.6. The van der Waals surface area contributed by atoms with Gasteiger partial charge in [0.1, 0.15) is 36.3 Å². The highest BCUT2D eigenvalue weighted by atomic mass is 31.2. The number of H-pyrrole nitrogens is 1. The largest absolute Gasteiger partial charge is 0.472 e. The number of hydrogen-bond acceptors (Lipinski definition) is 14. The lowest BCUT2D eigenvalue weighted by Gasteiger charge is -2.23. The van der Waals surface area contributed by atoms with E-state index in [0.717, 1.165) is 27.7 Å². The monoisotopic (exact) mass is 623 g/mol. The van der Waals surface area contributed by atoms with E-state index >= 15 is 8.78 Å². The Bertz CT molecular complexity index is 1650. The van der Waals surface area contributed by atoms with Gasteiger partial charge < -0.3 is 24.6 Å². The van der Waals surface area contributed by atoms with Crippen molar-refractivity contribution in [3.8, 4) is 0 Å². The van der Waals surface area contributed by atoms with E-state index in [-0.39, 0.29) is 17.0 Å². The van der Waals surface area contributed by atoms with Crippen LogP contribution in [0.3, 0.4) is 0 Å². The summed E-state index contributed by atoms with van der Waals surface area (Å²) in [7, 11) is -8.71. The lowest BCUT2D eigenvalue weighted by molar-refractivity contribution is -0.0629. The maximum absolute atomic E-state index is 15.7. The SMILES string of the molecule is Nc1ncnc2c1ncn2[C@@H]1O[C@@H]2CO[PH](=O)O[C@@H]3[C@H](F)[C@@H](COP(=O)(O)O[C@H]2[C@H]1F)O[C@H]3n1ccc(=O)[nH]c1=O. The van der Waals surface area contributed by atoms with Gasteiger partial charge in [-0.15, -0.1) is 0 Å². The molecule has 0 aromatic carbocycles. The van der Waals surface area contributed by atoms with E-state index in [2.05, 4.69) is 15.0 Å². The smallest absolute Gasteiger partial charge is 0.382 e. The lowest BCUT2D eigenvalue weighted by atomic mass is 10.1. The molecular weight excluding hydrogens is 602 g/mol. The molecule has 6 heterocycles. The number of hydrogen-bond donors (Lipinski definition) is 3. The molecule has 0 saturated carbocycles. The highest BCUT2D eigenvalue weighted by Gasteiger charge is 2.53. The standard InChI is InChI=1S/C19H21F2N7O11P2/c20-10-7-4-35-41(32,33)39-13-8(37-17(11(13)21)28-6-25-12-15(22)23-5-24-16(12)28)3-34-40(31)38-14(10)18(36-7)27-2-1-9(29)26-19(27)30/h1-2,5-8,10-11,13-14,17-18,40H,3-4H2,(H,32,33)(H2,22,23,24)(H,26,29,30)/t7-,8-,10-,11-,13-,14-,17-,18-/m1/s1. The number of ether oxygens (including phenoxy) is 2. The summed E-state index contributed by atoms with van der Waals surface area (Å²) in [6.45, 7) is -1.63. The topological polar surface area (TPSA) is 234 Å². The maximum Gasteiger partial charge on any atom is 0.472 e. The number of alkyl halides is 2. The zero-order chi connectivity index (χ0) is 29.1. The molecule has 18 nitrogen and oxygen atoms in total. The van der Waals surface area contributed by atoms with Crippen LogP contribution in [0.2, 0.25) is 0 Å².